The van der Waals surface area contributed by atoms with Crippen LogP contribution in [-0.4, -0.2) is 25.2 Å². The Hall–Kier alpha value is -1.83. The van der Waals surface area contributed by atoms with Crippen molar-refractivity contribution >= 4 is 11.6 Å². The van der Waals surface area contributed by atoms with Gasteiger partial charge in [0.15, 0.2) is 0 Å². The van der Waals surface area contributed by atoms with E-state index in [4.69, 9.17) is 10.5 Å². The largest absolute Gasteiger partial charge is 0.377 e. The SMILES string of the molecule is CCC1OCCC1C(=O)Nc1ccc(C)c(C#CCN)c1. The Labute approximate surface area is 126 Å². The number of ether oxygens (including phenoxy) is 1. The van der Waals surface area contributed by atoms with E-state index in [0.29, 0.717) is 13.2 Å². The first-order valence-corrected chi connectivity index (χ1v) is 7.37. The van der Waals surface area contributed by atoms with Crippen molar-refractivity contribution in [2.75, 3.05) is 18.5 Å². The molecule has 4 nitrogen and oxygen atoms in total. The smallest absolute Gasteiger partial charge is 0.230 e. The van der Waals surface area contributed by atoms with Gasteiger partial charge in [0.2, 0.25) is 5.91 Å². The summed E-state index contributed by atoms with van der Waals surface area (Å²) in [5.41, 5.74) is 8.14. The molecule has 4 heteroatoms. The molecular weight excluding hydrogens is 264 g/mol. The zero-order valence-corrected chi connectivity index (χ0v) is 12.6. The lowest BCUT2D eigenvalue weighted by molar-refractivity contribution is -0.121. The first-order valence-electron chi connectivity index (χ1n) is 7.37. The van der Waals surface area contributed by atoms with Crippen LogP contribution in [0.2, 0.25) is 0 Å². The molecule has 112 valence electrons. The Balaban J connectivity index is 2.10. The highest BCUT2D eigenvalue weighted by atomic mass is 16.5. The third-order valence-electron chi connectivity index (χ3n) is 3.78. The summed E-state index contributed by atoms with van der Waals surface area (Å²) in [5.74, 6) is 5.84. The number of carbonyl (C=O) groups excluding carboxylic acids is 1. The molecular formula is C17H22N2O2. The molecule has 1 aromatic rings. The van der Waals surface area contributed by atoms with Gasteiger partial charge < -0.3 is 15.8 Å². The van der Waals surface area contributed by atoms with Crippen molar-refractivity contribution in [1.29, 1.82) is 0 Å². The molecule has 1 saturated heterocycles. The van der Waals surface area contributed by atoms with Crippen molar-refractivity contribution in [3.8, 4) is 11.8 Å². The maximum absolute atomic E-state index is 12.3. The lowest BCUT2D eigenvalue weighted by Crippen LogP contribution is -2.29. The number of hydrogen-bond acceptors (Lipinski definition) is 3. The Bertz CT molecular complexity index is 572. The molecule has 0 spiro atoms. The van der Waals surface area contributed by atoms with Crippen molar-refractivity contribution in [3.05, 3.63) is 29.3 Å². The number of nitrogens with one attached hydrogen (secondary N) is 1. The van der Waals surface area contributed by atoms with Gasteiger partial charge in [0, 0.05) is 17.9 Å². The number of amides is 1. The van der Waals surface area contributed by atoms with Gasteiger partial charge in [-0.25, -0.2) is 0 Å². The van der Waals surface area contributed by atoms with Gasteiger partial charge in [0.25, 0.3) is 0 Å². The highest BCUT2D eigenvalue weighted by Gasteiger charge is 2.32. The molecule has 0 saturated carbocycles. The summed E-state index contributed by atoms with van der Waals surface area (Å²) in [6.07, 6.45) is 1.68. The van der Waals surface area contributed by atoms with E-state index in [2.05, 4.69) is 17.2 Å². The third-order valence-corrected chi connectivity index (χ3v) is 3.78. The third kappa shape index (κ3) is 3.84. The van der Waals surface area contributed by atoms with E-state index in [-0.39, 0.29) is 17.9 Å². The maximum Gasteiger partial charge on any atom is 0.230 e. The fourth-order valence-electron chi connectivity index (χ4n) is 2.57. The van der Waals surface area contributed by atoms with Crippen molar-refractivity contribution in [2.24, 2.45) is 11.7 Å². The summed E-state index contributed by atoms with van der Waals surface area (Å²) < 4.78 is 5.57. The van der Waals surface area contributed by atoms with Gasteiger partial charge in [-0.15, -0.1) is 0 Å². The minimum absolute atomic E-state index is 0.0286. The van der Waals surface area contributed by atoms with E-state index >= 15 is 0 Å². The molecule has 0 bridgehead atoms. The monoisotopic (exact) mass is 286 g/mol. The first kappa shape index (κ1) is 15.6. The van der Waals surface area contributed by atoms with E-state index in [9.17, 15) is 4.79 Å². The number of hydrogen-bond donors (Lipinski definition) is 2. The first-order chi connectivity index (χ1) is 10.2. The fraction of sp³-hybridized carbons (Fsp3) is 0.471. The normalized spacial score (nSPS) is 20.7. The molecule has 2 atom stereocenters. The predicted octanol–water partition coefficient (Wildman–Crippen LogP) is 2.06. The fourth-order valence-corrected chi connectivity index (χ4v) is 2.57. The molecule has 2 rings (SSSR count). The molecule has 0 radical (unpaired) electrons. The molecule has 0 aliphatic carbocycles. The van der Waals surface area contributed by atoms with E-state index < -0.39 is 0 Å². The summed E-state index contributed by atoms with van der Waals surface area (Å²) in [6.45, 7) is 5.03. The van der Waals surface area contributed by atoms with Crippen LogP contribution in [0.5, 0.6) is 0 Å². The Morgan fingerprint density at radius 3 is 3.05 bits per heavy atom. The topological polar surface area (TPSA) is 64.3 Å². The van der Waals surface area contributed by atoms with Gasteiger partial charge in [0.1, 0.15) is 0 Å². The number of anilines is 1. The molecule has 0 aromatic heterocycles. The van der Waals surface area contributed by atoms with Crippen LogP contribution < -0.4 is 11.1 Å². The van der Waals surface area contributed by atoms with Crippen LogP contribution in [0.25, 0.3) is 0 Å². The predicted molar refractivity (Wildman–Crippen MR) is 83.9 cm³/mol. The summed E-state index contributed by atoms with van der Waals surface area (Å²) >= 11 is 0. The van der Waals surface area contributed by atoms with Crippen LogP contribution in [0.15, 0.2) is 18.2 Å². The van der Waals surface area contributed by atoms with Crippen LogP contribution >= 0.6 is 0 Å². The Kier molecular flexibility index (Phi) is 5.38. The second-order valence-electron chi connectivity index (χ2n) is 5.24. The van der Waals surface area contributed by atoms with E-state index in [1.54, 1.807) is 0 Å². The Morgan fingerprint density at radius 1 is 1.52 bits per heavy atom. The molecule has 1 aliphatic rings. The van der Waals surface area contributed by atoms with E-state index in [1.807, 2.05) is 32.0 Å². The minimum Gasteiger partial charge on any atom is -0.377 e. The minimum atomic E-state index is -0.0603. The number of nitrogens with two attached hydrogens (primary N) is 1. The molecule has 1 fully saturated rings. The van der Waals surface area contributed by atoms with Crippen molar-refractivity contribution in [1.82, 2.24) is 0 Å². The van der Waals surface area contributed by atoms with Crippen LogP contribution in [0.3, 0.4) is 0 Å². The molecule has 1 heterocycles. The van der Waals surface area contributed by atoms with Crippen molar-refractivity contribution in [3.63, 3.8) is 0 Å². The van der Waals surface area contributed by atoms with E-state index in [0.717, 1.165) is 29.7 Å². The summed E-state index contributed by atoms with van der Waals surface area (Å²) in [7, 11) is 0. The second-order valence-corrected chi connectivity index (χ2v) is 5.24. The number of rotatable bonds is 3. The summed E-state index contributed by atoms with van der Waals surface area (Å²) in [4.78, 5) is 12.3. The summed E-state index contributed by atoms with van der Waals surface area (Å²) in [5, 5.41) is 2.97. The van der Waals surface area contributed by atoms with Gasteiger partial charge >= 0.3 is 0 Å². The van der Waals surface area contributed by atoms with E-state index in [1.165, 1.54) is 0 Å². The van der Waals surface area contributed by atoms with Crippen LogP contribution in [-0.2, 0) is 9.53 Å². The lowest BCUT2D eigenvalue weighted by atomic mass is 9.98. The average molecular weight is 286 g/mol. The van der Waals surface area contributed by atoms with Crippen LogP contribution in [0, 0.1) is 24.7 Å². The van der Waals surface area contributed by atoms with Gasteiger partial charge in [-0.2, -0.15) is 0 Å². The van der Waals surface area contributed by atoms with Crippen molar-refractivity contribution in [2.45, 2.75) is 32.8 Å². The molecule has 1 aliphatic heterocycles. The molecule has 1 aromatic carbocycles. The zero-order valence-electron chi connectivity index (χ0n) is 12.6. The lowest BCUT2D eigenvalue weighted by Gasteiger charge is -2.16. The van der Waals surface area contributed by atoms with Gasteiger partial charge in [-0.05, 0) is 37.5 Å². The van der Waals surface area contributed by atoms with Crippen LogP contribution in [0.4, 0.5) is 5.69 Å². The highest BCUT2D eigenvalue weighted by molar-refractivity contribution is 5.93. The van der Waals surface area contributed by atoms with Crippen LogP contribution in [0.1, 0.15) is 30.9 Å². The Morgan fingerprint density at radius 2 is 2.33 bits per heavy atom. The number of carbonyl (C=O) groups is 1. The van der Waals surface area contributed by atoms with Gasteiger partial charge in [0.05, 0.1) is 18.6 Å². The van der Waals surface area contributed by atoms with Gasteiger partial charge in [-0.3, -0.25) is 4.79 Å². The average Bonchev–Trinajstić information content (AvgIpc) is 2.96. The quantitative estimate of drug-likeness (QED) is 0.836. The molecule has 21 heavy (non-hydrogen) atoms. The maximum atomic E-state index is 12.3. The highest BCUT2D eigenvalue weighted by Crippen LogP contribution is 2.25. The van der Waals surface area contributed by atoms with Crippen molar-refractivity contribution < 1.29 is 9.53 Å². The standard InChI is InChI=1S/C17H22N2O2/c1-3-16-15(8-10-21-16)17(20)19-14-7-6-12(2)13(11-14)5-4-9-18/h6-7,11,15-16H,3,8-10,18H2,1-2H3,(H,19,20). The second kappa shape index (κ2) is 7.26. The molecule has 3 N–H and O–H groups in total. The number of benzene rings is 1. The molecule has 1 amide bonds. The summed E-state index contributed by atoms with van der Waals surface area (Å²) in [6, 6.07) is 5.75. The zero-order chi connectivity index (χ0) is 15.2. The van der Waals surface area contributed by atoms with Gasteiger partial charge in [-0.1, -0.05) is 24.8 Å². The number of aryl methyl sites for hydroxylation is 1. The molecule has 2 unspecified atom stereocenters.